The SMILES string of the molecule is CNC(=O)CNC(=O)COC(=O)/C=C/c1cccc(OC)c1OC. The van der Waals surface area contributed by atoms with Gasteiger partial charge in [0, 0.05) is 18.7 Å². The monoisotopic (exact) mass is 336 g/mol. The lowest BCUT2D eigenvalue weighted by atomic mass is 10.1. The number of carbonyl (C=O) groups excluding carboxylic acids is 3. The molecule has 8 nitrogen and oxygen atoms in total. The van der Waals surface area contributed by atoms with E-state index in [4.69, 9.17) is 14.2 Å². The second-order valence-corrected chi connectivity index (χ2v) is 4.47. The van der Waals surface area contributed by atoms with Crippen molar-refractivity contribution >= 4 is 23.9 Å². The Morgan fingerprint density at radius 2 is 1.88 bits per heavy atom. The Labute approximate surface area is 139 Å². The van der Waals surface area contributed by atoms with Crippen LogP contribution in [0.4, 0.5) is 0 Å². The van der Waals surface area contributed by atoms with Crippen molar-refractivity contribution in [2.45, 2.75) is 0 Å². The number of esters is 1. The van der Waals surface area contributed by atoms with Crippen LogP contribution in [0.25, 0.3) is 6.08 Å². The van der Waals surface area contributed by atoms with E-state index in [1.54, 1.807) is 18.2 Å². The van der Waals surface area contributed by atoms with Gasteiger partial charge in [0.05, 0.1) is 20.8 Å². The van der Waals surface area contributed by atoms with Crippen molar-refractivity contribution in [1.29, 1.82) is 0 Å². The van der Waals surface area contributed by atoms with Crippen molar-refractivity contribution in [2.24, 2.45) is 0 Å². The molecule has 130 valence electrons. The summed E-state index contributed by atoms with van der Waals surface area (Å²) in [6.07, 6.45) is 2.66. The summed E-state index contributed by atoms with van der Waals surface area (Å²) in [5.41, 5.74) is 0.623. The van der Waals surface area contributed by atoms with Gasteiger partial charge in [-0.1, -0.05) is 12.1 Å². The van der Waals surface area contributed by atoms with Crippen molar-refractivity contribution in [1.82, 2.24) is 10.6 Å². The molecule has 8 heteroatoms. The quantitative estimate of drug-likeness (QED) is 0.516. The number of hydrogen-bond donors (Lipinski definition) is 2. The van der Waals surface area contributed by atoms with Crippen molar-refractivity contribution in [2.75, 3.05) is 34.4 Å². The minimum Gasteiger partial charge on any atom is -0.493 e. The number of ether oxygens (including phenoxy) is 3. The molecule has 0 saturated heterocycles. The molecule has 0 unspecified atom stereocenters. The Balaban J connectivity index is 2.55. The Hall–Kier alpha value is -3.03. The molecule has 0 aliphatic rings. The van der Waals surface area contributed by atoms with E-state index >= 15 is 0 Å². The fourth-order valence-corrected chi connectivity index (χ4v) is 1.70. The fourth-order valence-electron chi connectivity index (χ4n) is 1.70. The highest BCUT2D eigenvalue weighted by Gasteiger charge is 2.09. The molecule has 1 aromatic carbocycles. The molecule has 0 spiro atoms. The lowest BCUT2D eigenvalue weighted by Gasteiger charge is -2.09. The first-order valence-corrected chi connectivity index (χ1v) is 7.05. The number of hydrogen-bond acceptors (Lipinski definition) is 6. The molecule has 24 heavy (non-hydrogen) atoms. The first kappa shape index (κ1) is 19.0. The molecule has 1 aromatic rings. The van der Waals surface area contributed by atoms with Crippen molar-refractivity contribution in [3.05, 3.63) is 29.8 Å². The topological polar surface area (TPSA) is 103 Å². The van der Waals surface area contributed by atoms with Crippen LogP contribution in [0.3, 0.4) is 0 Å². The van der Waals surface area contributed by atoms with E-state index in [-0.39, 0.29) is 12.5 Å². The molecular formula is C16H20N2O6. The Bertz CT molecular complexity index is 627. The number of carbonyl (C=O) groups is 3. The van der Waals surface area contributed by atoms with Gasteiger partial charge in [-0.25, -0.2) is 4.79 Å². The van der Waals surface area contributed by atoms with Crippen molar-refractivity contribution in [3.8, 4) is 11.5 Å². The number of amides is 2. The van der Waals surface area contributed by atoms with Gasteiger partial charge >= 0.3 is 5.97 Å². The number of para-hydroxylation sites is 1. The van der Waals surface area contributed by atoms with Gasteiger partial charge in [-0.05, 0) is 12.1 Å². The lowest BCUT2D eigenvalue weighted by Crippen LogP contribution is -2.37. The van der Waals surface area contributed by atoms with Crippen LogP contribution in [0.1, 0.15) is 5.56 Å². The van der Waals surface area contributed by atoms with Gasteiger partial charge in [-0.2, -0.15) is 0 Å². The minimum absolute atomic E-state index is 0.177. The Morgan fingerprint density at radius 1 is 1.12 bits per heavy atom. The highest BCUT2D eigenvalue weighted by atomic mass is 16.5. The first-order valence-electron chi connectivity index (χ1n) is 7.05. The van der Waals surface area contributed by atoms with Crippen LogP contribution in [0, 0.1) is 0 Å². The second kappa shape index (κ2) is 9.88. The summed E-state index contributed by atoms with van der Waals surface area (Å²) in [6.45, 7) is -0.654. The minimum atomic E-state index is -0.699. The van der Waals surface area contributed by atoms with Crippen molar-refractivity contribution in [3.63, 3.8) is 0 Å². The predicted octanol–water partition coefficient (Wildman–Crippen LogP) is 0.122. The Kier molecular flexibility index (Phi) is 7.83. The van der Waals surface area contributed by atoms with Crippen molar-refractivity contribution < 1.29 is 28.6 Å². The first-order chi connectivity index (χ1) is 11.5. The summed E-state index contributed by atoms with van der Waals surface area (Å²) in [6, 6.07) is 5.21. The van der Waals surface area contributed by atoms with Crippen LogP contribution >= 0.6 is 0 Å². The molecule has 1 rings (SSSR count). The fraction of sp³-hybridized carbons (Fsp3) is 0.312. The van der Waals surface area contributed by atoms with Crippen LogP contribution in [-0.2, 0) is 19.1 Å². The third kappa shape index (κ3) is 5.99. The maximum Gasteiger partial charge on any atom is 0.331 e. The van der Waals surface area contributed by atoms with E-state index in [1.165, 1.54) is 33.4 Å². The zero-order valence-corrected chi connectivity index (χ0v) is 13.8. The van der Waals surface area contributed by atoms with Crippen LogP contribution < -0.4 is 20.1 Å². The summed E-state index contributed by atoms with van der Waals surface area (Å²) < 4.78 is 15.2. The smallest absolute Gasteiger partial charge is 0.331 e. The summed E-state index contributed by atoms with van der Waals surface area (Å²) in [5, 5.41) is 4.66. The molecule has 2 amide bonds. The van der Waals surface area contributed by atoms with Gasteiger partial charge < -0.3 is 24.8 Å². The summed E-state index contributed by atoms with van der Waals surface area (Å²) in [7, 11) is 4.45. The van der Waals surface area contributed by atoms with E-state index < -0.39 is 18.5 Å². The predicted molar refractivity (Wildman–Crippen MR) is 86.6 cm³/mol. The number of nitrogens with one attached hydrogen (secondary N) is 2. The molecule has 0 fully saturated rings. The highest BCUT2D eigenvalue weighted by Crippen LogP contribution is 2.31. The third-order valence-electron chi connectivity index (χ3n) is 2.90. The van der Waals surface area contributed by atoms with E-state index in [0.29, 0.717) is 17.1 Å². The summed E-state index contributed by atoms with van der Waals surface area (Å²) in [4.78, 5) is 34.0. The van der Waals surface area contributed by atoms with Gasteiger partial charge in [-0.15, -0.1) is 0 Å². The van der Waals surface area contributed by atoms with E-state index in [1.807, 2.05) is 0 Å². The molecule has 2 N–H and O–H groups in total. The number of methoxy groups -OCH3 is 2. The average molecular weight is 336 g/mol. The summed E-state index contributed by atoms with van der Waals surface area (Å²) in [5.74, 6) is -0.608. The highest BCUT2D eigenvalue weighted by molar-refractivity contribution is 5.90. The molecule has 0 radical (unpaired) electrons. The molecular weight excluding hydrogens is 316 g/mol. The van der Waals surface area contributed by atoms with Crippen LogP contribution in [0.2, 0.25) is 0 Å². The second-order valence-electron chi connectivity index (χ2n) is 4.47. The number of rotatable bonds is 8. The molecule has 0 atom stereocenters. The van der Waals surface area contributed by atoms with Gasteiger partial charge in [0.2, 0.25) is 5.91 Å². The largest absolute Gasteiger partial charge is 0.493 e. The molecule has 0 aliphatic carbocycles. The average Bonchev–Trinajstić information content (AvgIpc) is 2.61. The summed E-state index contributed by atoms with van der Waals surface area (Å²) >= 11 is 0. The zero-order chi connectivity index (χ0) is 17.9. The lowest BCUT2D eigenvalue weighted by molar-refractivity contribution is -0.143. The van der Waals surface area contributed by atoms with E-state index in [2.05, 4.69) is 10.6 Å². The van der Waals surface area contributed by atoms with Gasteiger partial charge in [-0.3, -0.25) is 9.59 Å². The maximum absolute atomic E-state index is 11.6. The molecule has 0 aromatic heterocycles. The normalized spacial score (nSPS) is 10.1. The van der Waals surface area contributed by atoms with E-state index in [9.17, 15) is 14.4 Å². The third-order valence-corrected chi connectivity index (χ3v) is 2.90. The van der Waals surface area contributed by atoms with Crippen LogP contribution in [0.5, 0.6) is 11.5 Å². The standard InChI is InChI=1S/C16H20N2O6/c1-17-13(19)9-18-14(20)10-24-15(21)8-7-11-5-4-6-12(22-2)16(11)23-3/h4-8H,9-10H2,1-3H3,(H,17,19)(H,18,20)/b8-7+. The van der Waals surface area contributed by atoms with Gasteiger partial charge in [0.1, 0.15) is 0 Å². The molecule has 0 heterocycles. The molecule has 0 bridgehead atoms. The molecule has 0 aliphatic heterocycles. The molecule has 0 saturated carbocycles. The maximum atomic E-state index is 11.6. The van der Waals surface area contributed by atoms with Gasteiger partial charge in [0.15, 0.2) is 18.1 Å². The van der Waals surface area contributed by atoms with Crippen LogP contribution in [-0.4, -0.2) is 52.2 Å². The van der Waals surface area contributed by atoms with E-state index in [0.717, 1.165) is 0 Å². The number of likely N-dealkylation sites (N-methyl/N-ethyl adjacent to an activating group) is 1. The number of benzene rings is 1. The Morgan fingerprint density at radius 3 is 2.50 bits per heavy atom. The van der Waals surface area contributed by atoms with Gasteiger partial charge in [0.25, 0.3) is 5.91 Å². The zero-order valence-electron chi connectivity index (χ0n) is 13.8. The van der Waals surface area contributed by atoms with Crippen LogP contribution in [0.15, 0.2) is 24.3 Å².